The van der Waals surface area contributed by atoms with Crippen LogP contribution in [0, 0.1) is 6.92 Å². The van der Waals surface area contributed by atoms with Crippen molar-refractivity contribution in [2.75, 3.05) is 6.54 Å². The molecule has 1 fully saturated rings. The summed E-state index contributed by atoms with van der Waals surface area (Å²) < 4.78 is 0. The Morgan fingerprint density at radius 3 is 2.39 bits per heavy atom. The van der Waals surface area contributed by atoms with Gasteiger partial charge in [0.05, 0.1) is 0 Å². The fourth-order valence-corrected chi connectivity index (χ4v) is 3.04. The van der Waals surface area contributed by atoms with Gasteiger partial charge < -0.3 is 10.2 Å². The van der Waals surface area contributed by atoms with Crippen molar-refractivity contribution in [2.45, 2.75) is 65.0 Å². The summed E-state index contributed by atoms with van der Waals surface area (Å²) in [5.74, 6) is 0.0723. The minimum Gasteiger partial charge on any atom is -0.353 e. The summed E-state index contributed by atoms with van der Waals surface area (Å²) in [6.45, 7) is 4.64. The fourth-order valence-electron chi connectivity index (χ4n) is 3.04. The highest BCUT2D eigenvalue weighted by Crippen LogP contribution is 2.17. The number of hydrogen-bond donors (Lipinski definition) is 1. The van der Waals surface area contributed by atoms with Gasteiger partial charge in [-0.15, -0.1) is 0 Å². The van der Waals surface area contributed by atoms with Gasteiger partial charge in [0.15, 0.2) is 0 Å². The van der Waals surface area contributed by atoms with Crippen LogP contribution in [0.4, 0.5) is 0 Å². The first kappa shape index (κ1) is 17.5. The fraction of sp³-hybridized carbons (Fsp3) is 0.579. The van der Waals surface area contributed by atoms with Gasteiger partial charge in [-0.2, -0.15) is 0 Å². The molecule has 1 aliphatic carbocycles. The Morgan fingerprint density at radius 1 is 1.13 bits per heavy atom. The normalized spacial score (nSPS) is 15.2. The van der Waals surface area contributed by atoms with E-state index >= 15 is 0 Å². The van der Waals surface area contributed by atoms with Crippen LogP contribution in [0.1, 0.15) is 56.6 Å². The lowest BCUT2D eigenvalue weighted by Crippen LogP contribution is -2.38. The Bertz CT molecular complexity index is 519. The van der Waals surface area contributed by atoms with E-state index in [2.05, 4.69) is 5.32 Å². The number of nitrogens with zero attached hydrogens (tertiary/aromatic N) is 1. The van der Waals surface area contributed by atoms with Crippen LogP contribution in [0.2, 0.25) is 0 Å². The minimum atomic E-state index is 0.0102. The van der Waals surface area contributed by atoms with Gasteiger partial charge in [0.2, 0.25) is 11.8 Å². The van der Waals surface area contributed by atoms with E-state index in [0.29, 0.717) is 25.6 Å². The van der Waals surface area contributed by atoms with Gasteiger partial charge in [-0.3, -0.25) is 9.59 Å². The van der Waals surface area contributed by atoms with E-state index in [1.807, 2.05) is 31.2 Å². The second-order valence-electron chi connectivity index (χ2n) is 6.58. The summed E-state index contributed by atoms with van der Waals surface area (Å²) >= 11 is 0. The number of benzene rings is 1. The van der Waals surface area contributed by atoms with Gasteiger partial charge in [0, 0.05) is 32.5 Å². The van der Waals surface area contributed by atoms with Crippen molar-refractivity contribution in [3.63, 3.8) is 0 Å². The standard InChI is InChI=1S/C19H28N2O2/c1-15-8-10-17(11-9-15)14-21(16(2)22)13-12-19(23)20-18-6-4-3-5-7-18/h8-11,18H,3-7,12-14H2,1-2H3,(H,20,23). The highest BCUT2D eigenvalue weighted by Gasteiger charge is 2.17. The first-order chi connectivity index (χ1) is 11.0. The Morgan fingerprint density at radius 2 is 1.78 bits per heavy atom. The number of hydrogen-bond acceptors (Lipinski definition) is 2. The predicted octanol–water partition coefficient (Wildman–Crippen LogP) is 3.18. The number of aryl methyl sites for hydroxylation is 1. The molecule has 126 valence electrons. The van der Waals surface area contributed by atoms with Crippen LogP contribution in [-0.2, 0) is 16.1 Å². The van der Waals surface area contributed by atoms with Crippen LogP contribution >= 0.6 is 0 Å². The highest BCUT2D eigenvalue weighted by molar-refractivity contribution is 5.78. The van der Waals surface area contributed by atoms with Crippen molar-refractivity contribution in [2.24, 2.45) is 0 Å². The maximum Gasteiger partial charge on any atom is 0.221 e. The van der Waals surface area contributed by atoms with Crippen molar-refractivity contribution in [3.05, 3.63) is 35.4 Å². The lowest BCUT2D eigenvalue weighted by Gasteiger charge is -2.24. The number of nitrogens with one attached hydrogen (secondary N) is 1. The lowest BCUT2D eigenvalue weighted by atomic mass is 9.95. The van der Waals surface area contributed by atoms with Crippen molar-refractivity contribution < 1.29 is 9.59 Å². The lowest BCUT2D eigenvalue weighted by molar-refractivity contribution is -0.130. The van der Waals surface area contributed by atoms with Crippen molar-refractivity contribution in [1.82, 2.24) is 10.2 Å². The molecule has 0 saturated heterocycles. The number of amides is 2. The van der Waals surface area contributed by atoms with Crippen molar-refractivity contribution in [3.8, 4) is 0 Å². The molecule has 4 heteroatoms. The van der Waals surface area contributed by atoms with Crippen molar-refractivity contribution in [1.29, 1.82) is 0 Å². The van der Waals surface area contributed by atoms with Crippen LogP contribution in [-0.4, -0.2) is 29.3 Å². The van der Waals surface area contributed by atoms with Gasteiger partial charge in [-0.1, -0.05) is 49.1 Å². The minimum absolute atomic E-state index is 0.0102. The average molecular weight is 316 g/mol. The molecular weight excluding hydrogens is 288 g/mol. The average Bonchev–Trinajstić information content (AvgIpc) is 2.54. The molecule has 1 aromatic carbocycles. The molecule has 1 aliphatic rings. The van der Waals surface area contributed by atoms with Gasteiger partial charge in [0.1, 0.15) is 0 Å². The number of carbonyl (C=O) groups is 2. The maximum absolute atomic E-state index is 12.1. The topological polar surface area (TPSA) is 49.4 Å². The number of carbonyl (C=O) groups excluding carboxylic acids is 2. The van der Waals surface area contributed by atoms with E-state index < -0.39 is 0 Å². The predicted molar refractivity (Wildman–Crippen MR) is 91.9 cm³/mol. The zero-order valence-corrected chi connectivity index (χ0v) is 14.3. The van der Waals surface area contributed by atoms with Gasteiger partial charge in [0.25, 0.3) is 0 Å². The molecular formula is C19H28N2O2. The molecule has 2 amide bonds. The molecule has 2 rings (SSSR count). The summed E-state index contributed by atoms with van der Waals surface area (Å²) in [7, 11) is 0. The summed E-state index contributed by atoms with van der Waals surface area (Å²) in [4.78, 5) is 25.6. The van der Waals surface area contributed by atoms with Gasteiger partial charge in [-0.25, -0.2) is 0 Å². The monoisotopic (exact) mass is 316 g/mol. The molecule has 0 bridgehead atoms. The van der Waals surface area contributed by atoms with Crippen LogP contribution in [0.3, 0.4) is 0 Å². The van der Waals surface area contributed by atoms with Gasteiger partial charge >= 0.3 is 0 Å². The molecule has 0 spiro atoms. The zero-order valence-electron chi connectivity index (χ0n) is 14.3. The van der Waals surface area contributed by atoms with E-state index in [1.165, 1.54) is 24.8 Å². The molecule has 0 aromatic heterocycles. The van der Waals surface area contributed by atoms with Crippen LogP contribution < -0.4 is 5.32 Å². The molecule has 1 saturated carbocycles. The first-order valence-electron chi connectivity index (χ1n) is 8.65. The van der Waals surface area contributed by atoms with Gasteiger partial charge in [-0.05, 0) is 25.3 Å². The van der Waals surface area contributed by atoms with Crippen LogP contribution in [0.5, 0.6) is 0 Å². The molecule has 23 heavy (non-hydrogen) atoms. The molecule has 0 radical (unpaired) electrons. The van der Waals surface area contributed by atoms with Crippen molar-refractivity contribution >= 4 is 11.8 Å². The SMILES string of the molecule is CC(=O)N(CCC(=O)NC1CCCCC1)Cc1ccc(C)cc1. The first-order valence-corrected chi connectivity index (χ1v) is 8.65. The molecule has 1 N–H and O–H groups in total. The van der Waals surface area contributed by atoms with E-state index in [-0.39, 0.29) is 11.8 Å². The molecule has 4 nitrogen and oxygen atoms in total. The van der Waals surface area contributed by atoms with E-state index in [0.717, 1.165) is 18.4 Å². The highest BCUT2D eigenvalue weighted by atomic mass is 16.2. The Hall–Kier alpha value is -1.84. The van der Waals surface area contributed by atoms with Crippen LogP contribution in [0.25, 0.3) is 0 Å². The van der Waals surface area contributed by atoms with E-state index in [4.69, 9.17) is 0 Å². The quantitative estimate of drug-likeness (QED) is 0.876. The Balaban J connectivity index is 1.80. The third-order valence-corrected chi connectivity index (χ3v) is 4.52. The summed E-state index contributed by atoms with van der Waals surface area (Å²) in [5.41, 5.74) is 2.30. The van der Waals surface area contributed by atoms with E-state index in [9.17, 15) is 9.59 Å². The maximum atomic E-state index is 12.1. The number of rotatable bonds is 6. The third kappa shape index (κ3) is 6.05. The second kappa shape index (κ2) is 8.70. The Kier molecular flexibility index (Phi) is 6.63. The summed E-state index contributed by atoms with van der Waals surface area (Å²) in [5, 5.41) is 3.11. The molecule has 0 aliphatic heterocycles. The molecule has 0 atom stereocenters. The third-order valence-electron chi connectivity index (χ3n) is 4.52. The summed E-state index contributed by atoms with van der Waals surface area (Å²) in [6, 6.07) is 8.49. The van der Waals surface area contributed by atoms with E-state index in [1.54, 1.807) is 11.8 Å². The second-order valence-corrected chi connectivity index (χ2v) is 6.58. The summed E-state index contributed by atoms with van der Waals surface area (Å²) in [6.07, 6.45) is 6.25. The molecule has 1 aromatic rings. The smallest absolute Gasteiger partial charge is 0.221 e. The molecule has 0 unspecified atom stereocenters. The Labute approximate surface area is 139 Å². The largest absolute Gasteiger partial charge is 0.353 e. The zero-order chi connectivity index (χ0) is 16.7. The van der Waals surface area contributed by atoms with Crippen LogP contribution in [0.15, 0.2) is 24.3 Å². The molecule has 0 heterocycles.